The SMILES string of the molecule is [N-]=[N+]=NCCCNC(=O)Cc1cc(O)ccc1O. The first-order chi connectivity index (χ1) is 8.63. The highest BCUT2D eigenvalue weighted by molar-refractivity contribution is 5.79. The minimum absolute atomic E-state index is 0.000965. The molecule has 0 aliphatic carbocycles. The van der Waals surface area contributed by atoms with E-state index in [1.807, 2.05) is 0 Å². The number of aromatic hydroxyl groups is 2. The average molecular weight is 250 g/mol. The Morgan fingerprint density at radius 3 is 2.94 bits per heavy atom. The fourth-order valence-electron chi connectivity index (χ4n) is 1.37. The van der Waals surface area contributed by atoms with Crippen molar-refractivity contribution >= 4 is 5.91 Å². The number of rotatable bonds is 6. The van der Waals surface area contributed by atoms with Crippen LogP contribution in [0.3, 0.4) is 0 Å². The number of nitrogens with zero attached hydrogens (tertiary/aromatic N) is 3. The molecule has 7 heteroatoms. The third-order valence-corrected chi connectivity index (χ3v) is 2.23. The highest BCUT2D eigenvalue weighted by atomic mass is 16.3. The summed E-state index contributed by atoms with van der Waals surface area (Å²) in [6.45, 7) is 0.728. The van der Waals surface area contributed by atoms with Gasteiger partial charge in [-0.15, -0.1) is 0 Å². The van der Waals surface area contributed by atoms with E-state index in [2.05, 4.69) is 15.3 Å². The molecular formula is C11H14N4O3. The van der Waals surface area contributed by atoms with Crippen molar-refractivity contribution in [1.29, 1.82) is 0 Å². The standard InChI is InChI=1S/C11H14N4O3/c12-15-14-5-1-4-13-11(18)7-8-6-9(16)2-3-10(8)17/h2-3,6,16-17H,1,4-5,7H2,(H,13,18). The van der Waals surface area contributed by atoms with Gasteiger partial charge in [-0.1, -0.05) is 5.11 Å². The molecule has 0 aliphatic heterocycles. The smallest absolute Gasteiger partial charge is 0.224 e. The number of hydrogen-bond donors (Lipinski definition) is 3. The normalized spacial score (nSPS) is 9.56. The predicted octanol–water partition coefficient (Wildman–Crippen LogP) is 1.46. The molecule has 0 saturated heterocycles. The first kappa shape index (κ1) is 13.7. The number of hydrogen-bond acceptors (Lipinski definition) is 4. The molecule has 96 valence electrons. The van der Waals surface area contributed by atoms with E-state index >= 15 is 0 Å². The van der Waals surface area contributed by atoms with E-state index in [1.54, 1.807) is 0 Å². The molecule has 0 fully saturated rings. The summed E-state index contributed by atoms with van der Waals surface area (Å²) in [5.74, 6) is -0.298. The van der Waals surface area contributed by atoms with Crippen LogP contribution in [0.25, 0.3) is 10.4 Å². The molecule has 1 aromatic rings. The maximum atomic E-state index is 11.5. The third-order valence-electron chi connectivity index (χ3n) is 2.23. The molecule has 18 heavy (non-hydrogen) atoms. The molecule has 0 unspecified atom stereocenters. The molecule has 0 atom stereocenters. The summed E-state index contributed by atoms with van der Waals surface area (Å²) in [4.78, 5) is 14.1. The lowest BCUT2D eigenvalue weighted by atomic mass is 10.1. The molecule has 0 heterocycles. The van der Waals surface area contributed by atoms with Gasteiger partial charge >= 0.3 is 0 Å². The van der Waals surface area contributed by atoms with Gasteiger partial charge in [-0.3, -0.25) is 4.79 Å². The maximum absolute atomic E-state index is 11.5. The quantitative estimate of drug-likeness (QED) is 0.233. The number of carbonyl (C=O) groups excluding carboxylic acids is 1. The van der Waals surface area contributed by atoms with Crippen LogP contribution in [0.1, 0.15) is 12.0 Å². The zero-order chi connectivity index (χ0) is 13.4. The number of phenolic OH excluding ortho intramolecular Hbond substituents is 2. The summed E-state index contributed by atoms with van der Waals surface area (Å²) in [5, 5.41) is 24.7. The Kier molecular flexibility index (Phi) is 5.34. The topological polar surface area (TPSA) is 118 Å². The van der Waals surface area contributed by atoms with Gasteiger partial charge < -0.3 is 15.5 Å². The molecule has 1 amide bonds. The van der Waals surface area contributed by atoms with E-state index in [1.165, 1.54) is 18.2 Å². The van der Waals surface area contributed by atoms with Crippen molar-refractivity contribution in [2.45, 2.75) is 12.8 Å². The van der Waals surface area contributed by atoms with Crippen LogP contribution >= 0.6 is 0 Å². The zero-order valence-electron chi connectivity index (χ0n) is 9.70. The van der Waals surface area contributed by atoms with Gasteiger partial charge in [0, 0.05) is 23.6 Å². The molecule has 0 spiro atoms. The lowest BCUT2D eigenvalue weighted by Gasteiger charge is -2.06. The summed E-state index contributed by atoms with van der Waals surface area (Å²) in [5.41, 5.74) is 8.41. The number of nitrogens with one attached hydrogen (secondary N) is 1. The Morgan fingerprint density at radius 1 is 1.44 bits per heavy atom. The largest absolute Gasteiger partial charge is 0.508 e. The van der Waals surface area contributed by atoms with Crippen LogP contribution in [0.15, 0.2) is 23.3 Å². The van der Waals surface area contributed by atoms with Crippen LogP contribution in [0.4, 0.5) is 0 Å². The van der Waals surface area contributed by atoms with Gasteiger partial charge in [0.2, 0.25) is 5.91 Å². The fraction of sp³-hybridized carbons (Fsp3) is 0.364. The molecule has 3 N–H and O–H groups in total. The van der Waals surface area contributed by atoms with Gasteiger partial charge in [-0.05, 0) is 30.2 Å². The Bertz CT molecular complexity index is 469. The van der Waals surface area contributed by atoms with Gasteiger partial charge in [0.25, 0.3) is 0 Å². The average Bonchev–Trinajstić information content (AvgIpc) is 2.33. The minimum atomic E-state index is -0.267. The number of carbonyl (C=O) groups is 1. The van der Waals surface area contributed by atoms with Gasteiger partial charge in [-0.2, -0.15) is 0 Å². The first-order valence-corrected chi connectivity index (χ1v) is 5.42. The molecule has 1 rings (SSSR count). The van der Waals surface area contributed by atoms with E-state index < -0.39 is 0 Å². The van der Waals surface area contributed by atoms with E-state index in [0.717, 1.165) is 0 Å². The van der Waals surface area contributed by atoms with Gasteiger partial charge in [0.05, 0.1) is 6.42 Å². The molecule has 1 aromatic carbocycles. The van der Waals surface area contributed by atoms with E-state index in [-0.39, 0.29) is 23.8 Å². The number of phenols is 2. The molecular weight excluding hydrogens is 236 g/mol. The molecule has 0 bridgehead atoms. The van der Waals surface area contributed by atoms with Crippen LogP contribution in [0, 0.1) is 0 Å². The second-order valence-corrected chi connectivity index (χ2v) is 3.65. The molecule has 0 aliphatic rings. The molecule has 0 saturated carbocycles. The summed E-state index contributed by atoms with van der Waals surface area (Å²) in [7, 11) is 0. The van der Waals surface area contributed by atoms with Crippen LogP contribution in [0.5, 0.6) is 11.5 Å². The Balaban J connectivity index is 2.39. The third kappa shape index (κ3) is 4.63. The lowest BCUT2D eigenvalue weighted by molar-refractivity contribution is -0.120. The number of azide groups is 1. The van der Waals surface area contributed by atoms with Crippen molar-refractivity contribution in [3.8, 4) is 11.5 Å². The van der Waals surface area contributed by atoms with Crippen molar-refractivity contribution in [1.82, 2.24) is 5.32 Å². The molecule has 7 nitrogen and oxygen atoms in total. The van der Waals surface area contributed by atoms with Gasteiger partial charge in [0.1, 0.15) is 11.5 Å². The van der Waals surface area contributed by atoms with Crippen molar-refractivity contribution in [3.63, 3.8) is 0 Å². The molecule has 0 radical (unpaired) electrons. The highest BCUT2D eigenvalue weighted by Gasteiger charge is 2.07. The second kappa shape index (κ2) is 7.03. The van der Waals surface area contributed by atoms with Crippen molar-refractivity contribution in [2.24, 2.45) is 5.11 Å². The van der Waals surface area contributed by atoms with Crippen molar-refractivity contribution in [3.05, 3.63) is 34.2 Å². The summed E-state index contributed by atoms with van der Waals surface area (Å²) < 4.78 is 0. The second-order valence-electron chi connectivity index (χ2n) is 3.65. The van der Waals surface area contributed by atoms with Crippen LogP contribution in [-0.2, 0) is 11.2 Å². The van der Waals surface area contributed by atoms with Crippen molar-refractivity contribution in [2.75, 3.05) is 13.1 Å². The zero-order valence-corrected chi connectivity index (χ0v) is 9.70. The number of amides is 1. The molecule has 0 aromatic heterocycles. The summed E-state index contributed by atoms with van der Waals surface area (Å²) in [6, 6.07) is 4.02. The fourth-order valence-corrected chi connectivity index (χ4v) is 1.37. The van der Waals surface area contributed by atoms with Crippen molar-refractivity contribution < 1.29 is 15.0 Å². The Morgan fingerprint density at radius 2 is 2.22 bits per heavy atom. The number of benzene rings is 1. The van der Waals surface area contributed by atoms with E-state index in [9.17, 15) is 15.0 Å². The highest BCUT2D eigenvalue weighted by Crippen LogP contribution is 2.22. The summed E-state index contributed by atoms with van der Waals surface area (Å²) >= 11 is 0. The predicted molar refractivity (Wildman–Crippen MR) is 65.1 cm³/mol. The summed E-state index contributed by atoms with van der Waals surface area (Å²) in [6.07, 6.45) is 0.545. The van der Waals surface area contributed by atoms with Crippen LogP contribution in [-0.4, -0.2) is 29.2 Å². The van der Waals surface area contributed by atoms with Crippen LogP contribution in [0.2, 0.25) is 0 Å². The Hall–Kier alpha value is -2.40. The monoisotopic (exact) mass is 250 g/mol. The lowest BCUT2D eigenvalue weighted by Crippen LogP contribution is -2.26. The van der Waals surface area contributed by atoms with Crippen LogP contribution < -0.4 is 5.32 Å². The maximum Gasteiger partial charge on any atom is 0.224 e. The van der Waals surface area contributed by atoms with E-state index in [4.69, 9.17) is 5.53 Å². The van der Waals surface area contributed by atoms with Gasteiger partial charge in [0.15, 0.2) is 0 Å². The first-order valence-electron chi connectivity index (χ1n) is 5.42. The van der Waals surface area contributed by atoms with Gasteiger partial charge in [-0.25, -0.2) is 0 Å². The Labute approximate surface area is 104 Å². The van der Waals surface area contributed by atoms with E-state index in [0.29, 0.717) is 25.1 Å². The minimum Gasteiger partial charge on any atom is -0.508 e.